The van der Waals surface area contributed by atoms with E-state index in [1.165, 1.54) is 4.68 Å². The summed E-state index contributed by atoms with van der Waals surface area (Å²) in [6, 6.07) is 4.90. The van der Waals surface area contributed by atoms with Crippen LogP contribution in [-0.2, 0) is 7.05 Å². The van der Waals surface area contributed by atoms with Crippen molar-refractivity contribution in [1.29, 1.82) is 0 Å². The molecule has 0 atom stereocenters. The average molecular weight is 393 g/mol. The number of primary amides is 1. The Bertz CT molecular complexity index is 1160. The number of imidazole rings is 1. The van der Waals surface area contributed by atoms with Gasteiger partial charge in [0.05, 0.1) is 16.8 Å². The number of aromatic hydroxyl groups is 1. The second-order valence-corrected chi connectivity index (χ2v) is 6.26. The number of aryl methyl sites for hydroxylation is 1. The van der Waals surface area contributed by atoms with E-state index in [4.69, 9.17) is 5.73 Å². The van der Waals surface area contributed by atoms with Crippen molar-refractivity contribution in [2.45, 2.75) is 20.3 Å². The fourth-order valence-corrected chi connectivity index (χ4v) is 3.08. The molecule has 0 aliphatic heterocycles. The number of aliphatic hydroxyl groups is 1. The first-order valence-corrected chi connectivity index (χ1v) is 9.25. The van der Waals surface area contributed by atoms with Crippen molar-refractivity contribution in [2.75, 3.05) is 0 Å². The van der Waals surface area contributed by atoms with Crippen LogP contribution in [0.3, 0.4) is 0 Å². The lowest BCUT2D eigenvalue weighted by Gasteiger charge is -2.02. The molecule has 8 nitrogen and oxygen atoms in total. The van der Waals surface area contributed by atoms with Gasteiger partial charge in [-0.15, -0.1) is 0 Å². The first-order valence-electron chi connectivity index (χ1n) is 9.25. The fraction of sp³-hybridized carbons (Fsp3) is 0.190. The third-order valence-electron chi connectivity index (χ3n) is 4.39. The van der Waals surface area contributed by atoms with Crippen LogP contribution < -0.4 is 5.73 Å². The topological polar surface area (TPSA) is 130 Å². The maximum Gasteiger partial charge on any atom is 0.248 e. The Kier molecular flexibility index (Phi) is 5.54. The lowest BCUT2D eigenvalue weighted by atomic mass is 10.1. The second-order valence-electron chi connectivity index (χ2n) is 6.26. The minimum Gasteiger partial charge on any atom is -0.512 e. The number of nitrogens with one attached hydrogen (secondary N) is 1. The van der Waals surface area contributed by atoms with Crippen LogP contribution in [-0.4, -0.2) is 35.9 Å². The van der Waals surface area contributed by atoms with Gasteiger partial charge in [-0.2, -0.15) is 5.10 Å². The molecule has 29 heavy (non-hydrogen) atoms. The normalized spacial score (nSPS) is 13.3. The van der Waals surface area contributed by atoms with Gasteiger partial charge in [0.25, 0.3) is 0 Å². The van der Waals surface area contributed by atoms with Gasteiger partial charge in [0, 0.05) is 19.0 Å². The molecule has 3 aromatic rings. The number of benzene rings is 1. The predicted molar refractivity (Wildman–Crippen MR) is 112 cm³/mol. The number of aliphatic hydroxyl groups excluding tert-OH is 1. The molecule has 1 aliphatic carbocycles. The first-order chi connectivity index (χ1) is 13.9. The zero-order valence-electron chi connectivity index (χ0n) is 16.5. The van der Waals surface area contributed by atoms with Gasteiger partial charge in [0.2, 0.25) is 5.91 Å². The van der Waals surface area contributed by atoms with E-state index in [9.17, 15) is 15.0 Å². The van der Waals surface area contributed by atoms with Gasteiger partial charge in [-0.1, -0.05) is 32.1 Å². The predicted octanol–water partition coefficient (Wildman–Crippen LogP) is 3.58. The number of amides is 1. The molecule has 0 saturated carbocycles. The number of carbonyl (C=O) groups excluding carboxylic acids is 1. The van der Waals surface area contributed by atoms with Crippen molar-refractivity contribution >= 4 is 22.5 Å². The lowest BCUT2D eigenvalue weighted by Crippen LogP contribution is -2.10. The molecule has 150 valence electrons. The van der Waals surface area contributed by atoms with E-state index < -0.39 is 5.91 Å². The van der Waals surface area contributed by atoms with Crippen LogP contribution in [0.25, 0.3) is 28.1 Å². The van der Waals surface area contributed by atoms with Gasteiger partial charge < -0.3 is 20.9 Å². The molecular formula is C21H23N5O3. The van der Waals surface area contributed by atoms with Crippen molar-refractivity contribution in [2.24, 2.45) is 12.8 Å². The summed E-state index contributed by atoms with van der Waals surface area (Å²) in [6.07, 6.45) is 7.15. The van der Waals surface area contributed by atoms with E-state index >= 15 is 0 Å². The molecule has 0 fully saturated rings. The number of aromatic amines is 1. The van der Waals surface area contributed by atoms with Crippen molar-refractivity contribution in [3.63, 3.8) is 0 Å². The minimum atomic E-state index is -0.528. The number of hydrogen-bond acceptors (Lipinski definition) is 5. The van der Waals surface area contributed by atoms with E-state index in [0.29, 0.717) is 39.4 Å². The summed E-state index contributed by atoms with van der Waals surface area (Å²) in [5.74, 6) is 0.0279. The molecule has 1 amide bonds. The fourth-order valence-electron chi connectivity index (χ4n) is 3.08. The van der Waals surface area contributed by atoms with Crippen LogP contribution in [0.1, 0.15) is 36.3 Å². The van der Waals surface area contributed by atoms with Crippen LogP contribution in [0.4, 0.5) is 0 Å². The third-order valence-corrected chi connectivity index (χ3v) is 4.39. The van der Waals surface area contributed by atoms with E-state index in [2.05, 4.69) is 15.1 Å². The molecule has 8 heteroatoms. The molecule has 2 heterocycles. The SMILES string of the molecule is CC.Cn1nc(C2=CC=CC=C(O)C2)c(O)c1-c1nc2ccc(C(N)=O)cc2[nH]1. The number of nitrogens with two attached hydrogens (primary N) is 1. The highest BCUT2D eigenvalue weighted by Crippen LogP contribution is 2.37. The van der Waals surface area contributed by atoms with Crippen molar-refractivity contribution in [3.05, 3.63) is 59.5 Å². The highest BCUT2D eigenvalue weighted by Gasteiger charge is 2.23. The molecule has 0 unspecified atom stereocenters. The maximum atomic E-state index is 11.4. The molecule has 0 radical (unpaired) electrons. The standard InChI is InChI=1S/C19H17N5O3.C2H6/c1-24-16(17(26)15(23-24)10-4-2-3-5-12(25)8-10)19-21-13-7-6-11(18(20)27)9-14(13)22-19;1-2/h2-7,9,25-26H,8H2,1H3,(H2,20,27)(H,21,22);1-2H3. The number of hydrogen-bond donors (Lipinski definition) is 4. The molecule has 0 spiro atoms. The maximum absolute atomic E-state index is 11.4. The molecule has 4 rings (SSSR count). The molecule has 0 saturated heterocycles. The molecular weight excluding hydrogens is 370 g/mol. The summed E-state index contributed by atoms with van der Waals surface area (Å²) in [5.41, 5.74) is 8.40. The van der Waals surface area contributed by atoms with E-state index in [0.717, 1.165) is 0 Å². The summed E-state index contributed by atoms with van der Waals surface area (Å²) in [7, 11) is 1.70. The molecule has 0 bridgehead atoms. The van der Waals surface area contributed by atoms with Gasteiger partial charge >= 0.3 is 0 Å². The average Bonchev–Trinajstić information content (AvgIpc) is 3.16. The minimum absolute atomic E-state index is 0.0407. The van der Waals surface area contributed by atoms with Crippen molar-refractivity contribution < 1.29 is 15.0 Å². The summed E-state index contributed by atoms with van der Waals surface area (Å²) in [6.45, 7) is 4.00. The van der Waals surface area contributed by atoms with E-state index in [1.807, 2.05) is 13.8 Å². The Morgan fingerprint density at radius 1 is 1.21 bits per heavy atom. The molecule has 1 aromatic carbocycles. The third kappa shape index (κ3) is 3.77. The Morgan fingerprint density at radius 3 is 2.66 bits per heavy atom. The van der Waals surface area contributed by atoms with Crippen molar-refractivity contribution in [3.8, 4) is 17.3 Å². The van der Waals surface area contributed by atoms with Gasteiger partial charge in [0.15, 0.2) is 11.6 Å². The Hall–Kier alpha value is -3.81. The zero-order valence-corrected chi connectivity index (χ0v) is 16.5. The van der Waals surface area contributed by atoms with Crippen LogP contribution >= 0.6 is 0 Å². The number of allylic oxidation sites excluding steroid dienone is 5. The number of carbonyl (C=O) groups is 1. The van der Waals surface area contributed by atoms with Crippen molar-refractivity contribution in [1.82, 2.24) is 19.7 Å². The largest absolute Gasteiger partial charge is 0.512 e. The monoisotopic (exact) mass is 393 g/mol. The molecule has 1 aliphatic rings. The number of aromatic nitrogens is 4. The van der Waals surface area contributed by atoms with Crippen LogP contribution in [0.2, 0.25) is 0 Å². The summed E-state index contributed by atoms with van der Waals surface area (Å²) >= 11 is 0. The second kappa shape index (κ2) is 8.05. The van der Waals surface area contributed by atoms with Gasteiger partial charge in [-0.3, -0.25) is 9.48 Å². The Labute approximate surface area is 167 Å². The Morgan fingerprint density at radius 2 is 1.93 bits per heavy atom. The van der Waals surface area contributed by atoms with Crippen LogP contribution in [0.5, 0.6) is 5.75 Å². The number of fused-ring (bicyclic) bond motifs is 1. The quantitative estimate of drug-likeness (QED) is 0.540. The number of nitrogens with zero attached hydrogens (tertiary/aromatic N) is 3. The van der Waals surface area contributed by atoms with Gasteiger partial charge in [0.1, 0.15) is 11.4 Å². The van der Waals surface area contributed by atoms with E-state index in [1.54, 1.807) is 49.6 Å². The summed E-state index contributed by atoms with van der Waals surface area (Å²) < 4.78 is 1.52. The molecule has 5 N–H and O–H groups in total. The van der Waals surface area contributed by atoms with Gasteiger partial charge in [-0.05, 0) is 29.8 Å². The van der Waals surface area contributed by atoms with Crippen LogP contribution in [0, 0.1) is 0 Å². The number of H-pyrrole nitrogens is 1. The molecule has 2 aromatic heterocycles. The smallest absolute Gasteiger partial charge is 0.248 e. The van der Waals surface area contributed by atoms with Crippen LogP contribution in [0.15, 0.2) is 48.3 Å². The zero-order chi connectivity index (χ0) is 21.1. The van der Waals surface area contributed by atoms with Gasteiger partial charge in [-0.25, -0.2) is 4.98 Å². The number of rotatable bonds is 3. The highest BCUT2D eigenvalue weighted by atomic mass is 16.3. The lowest BCUT2D eigenvalue weighted by molar-refractivity contribution is 0.100. The highest BCUT2D eigenvalue weighted by molar-refractivity contribution is 5.96. The summed E-state index contributed by atoms with van der Waals surface area (Å²) in [5, 5.41) is 25.0. The van der Waals surface area contributed by atoms with E-state index in [-0.39, 0.29) is 17.9 Å². The first kappa shape index (κ1) is 19.9. The Balaban J connectivity index is 0.00000117. The summed E-state index contributed by atoms with van der Waals surface area (Å²) in [4.78, 5) is 18.9.